The predicted molar refractivity (Wildman–Crippen MR) is 87.1 cm³/mol. The van der Waals surface area contributed by atoms with Gasteiger partial charge in [0.15, 0.2) is 0 Å². The second-order valence-electron chi connectivity index (χ2n) is 5.04. The summed E-state index contributed by atoms with van der Waals surface area (Å²) in [5.41, 5.74) is 7.72. The summed E-state index contributed by atoms with van der Waals surface area (Å²) < 4.78 is 11.6. The third-order valence-electron chi connectivity index (χ3n) is 3.68. The van der Waals surface area contributed by atoms with Crippen LogP contribution in [0.15, 0.2) is 48.5 Å². The molecule has 0 radical (unpaired) electrons. The fourth-order valence-corrected chi connectivity index (χ4v) is 2.74. The van der Waals surface area contributed by atoms with E-state index >= 15 is 0 Å². The zero-order valence-corrected chi connectivity index (χ0v) is 12.4. The Balaban J connectivity index is 1.76. The minimum absolute atomic E-state index is 0.328. The van der Waals surface area contributed by atoms with Gasteiger partial charge in [0.25, 0.3) is 0 Å². The number of rotatable bonds is 4. The van der Waals surface area contributed by atoms with E-state index in [9.17, 15) is 0 Å². The monoisotopic (exact) mass is 299 g/mol. The van der Waals surface area contributed by atoms with Gasteiger partial charge in [0.1, 0.15) is 16.5 Å². The fourth-order valence-electron chi connectivity index (χ4n) is 2.58. The average Bonchev–Trinajstić information content (AvgIpc) is 2.53. The first-order valence-corrected chi connectivity index (χ1v) is 7.40. The summed E-state index contributed by atoms with van der Waals surface area (Å²) in [6.07, 6.45) is 0.951. The molecule has 0 saturated heterocycles. The van der Waals surface area contributed by atoms with Crippen LogP contribution in [0, 0.1) is 0 Å². The molecule has 1 unspecified atom stereocenters. The van der Waals surface area contributed by atoms with Gasteiger partial charge in [-0.2, -0.15) is 0 Å². The van der Waals surface area contributed by atoms with Crippen LogP contribution >= 0.6 is 12.2 Å². The van der Waals surface area contributed by atoms with Gasteiger partial charge in [-0.05, 0) is 24.6 Å². The molecule has 1 heterocycles. The van der Waals surface area contributed by atoms with Gasteiger partial charge in [0.2, 0.25) is 0 Å². The number of ether oxygens (including phenoxy) is 2. The lowest BCUT2D eigenvalue weighted by molar-refractivity contribution is 0.217. The first-order valence-electron chi connectivity index (χ1n) is 6.99. The van der Waals surface area contributed by atoms with E-state index in [0.717, 1.165) is 30.1 Å². The highest BCUT2D eigenvalue weighted by Crippen LogP contribution is 2.34. The number of thiocarbonyl (C=S) groups is 1. The summed E-state index contributed by atoms with van der Waals surface area (Å²) in [5.74, 6) is 2.03. The van der Waals surface area contributed by atoms with Crippen molar-refractivity contribution in [2.24, 2.45) is 5.73 Å². The molecule has 0 amide bonds. The van der Waals surface area contributed by atoms with Crippen LogP contribution in [0.3, 0.4) is 0 Å². The summed E-state index contributed by atoms with van der Waals surface area (Å²) in [6.45, 7) is 1.32. The van der Waals surface area contributed by atoms with Crippen LogP contribution < -0.4 is 15.2 Å². The van der Waals surface area contributed by atoms with Gasteiger partial charge >= 0.3 is 0 Å². The lowest BCUT2D eigenvalue weighted by Gasteiger charge is -2.26. The van der Waals surface area contributed by atoms with Crippen LogP contribution in [-0.4, -0.2) is 18.2 Å². The molecule has 3 nitrogen and oxygen atoms in total. The van der Waals surface area contributed by atoms with Crippen molar-refractivity contribution in [3.8, 4) is 11.5 Å². The number of nitrogens with two attached hydrogens (primary N) is 1. The maximum atomic E-state index is 5.97. The zero-order chi connectivity index (χ0) is 14.7. The van der Waals surface area contributed by atoms with E-state index < -0.39 is 0 Å². The van der Waals surface area contributed by atoms with Crippen LogP contribution in [-0.2, 0) is 0 Å². The summed E-state index contributed by atoms with van der Waals surface area (Å²) >= 11 is 5.06. The van der Waals surface area contributed by atoms with Gasteiger partial charge in [0, 0.05) is 11.5 Å². The van der Waals surface area contributed by atoms with Crippen molar-refractivity contribution in [2.75, 3.05) is 13.2 Å². The molecule has 0 bridgehead atoms. The SMILES string of the molecule is NC(=S)c1ccccc1OCC1CCOc2ccccc21. The van der Waals surface area contributed by atoms with Crippen molar-refractivity contribution in [1.29, 1.82) is 0 Å². The quantitative estimate of drug-likeness (QED) is 0.880. The largest absolute Gasteiger partial charge is 0.493 e. The van der Waals surface area contributed by atoms with Crippen molar-refractivity contribution in [2.45, 2.75) is 12.3 Å². The smallest absolute Gasteiger partial charge is 0.129 e. The molecule has 1 aliphatic rings. The van der Waals surface area contributed by atoms with Crippen molar-refractivity contribution < 1.29 is 9.47 Å². The molecule has 2 N–H and O–H groups in total. The van der Waals surface area contributed by atoms with Gasteiger partial charge in [-0.1, -0.05) is 42.5 Å². The highest BCUT2D eigenvalue weighted by atomic mass is 32.1. The number of para-hydroxylation sites is 2. The Morgan fingerprint density at radius 2 is 1.95 bits per heavy atom. The van der Waals surface area contributed by atoms with Crippen LogP contribution in [0.2, 0.25) is 0 Å². The Morgan fingerprint density at radius 1 is 1.19 bits per heavy atom. The van der Waals surface area contributed by atoms with E-state index in [-0.39, 0.29) is 0 Å². The van der Waals surface area contributed by atoms with E-state index in [4.69, 9.17) is 27.4 Å². The number of hydrogen-bond acceptors (Lipinski definition) is 3. The van der Waals surface area contributed by atoms with Crippen molar-refractivity contribution >= 4 is 17.2 Å². The minimum atomic E-state index is 0.328. The van der Waals surface area contributed by atoms with Gasteiger partial charge in [-0.3, -0.25) is 0 Å². The van der Waals surface area contributed by atoms with E-state index in [0.29, 0.717) is 17.5 Å². The van der Waals surface area contributed by atoms with E-state index in [1.165, 1.54) is 5.56 Å². The summed E-state index contributed by atoms with van der Waals surface area (Å²) in [4.78, 5) is 0.359. The second kappa shape index (κ2) is 6.14. The maximum absolute atomic E-state index is 5.97. The molecule has 2 aromatic carbocycles. The molecule has 21 heavy (non-hydrogen) atoms. The van der Waals surface area contributed by atoms with E-state index in [2.05, 4.69) is 6.07 Å². The first-order chi connectivity index (χ1) is 10.3. The van der Waals surface area contributed by atoms with Gasteiger partial charge in [-0.25, -0.2) is 0 Å². The predicted octanol–water partition coefficient (Wildman–Crippen LogP) is 3.27. The highest BCUT2D eigenvalue weighted by molar-refractivity contribution is 7.80. The molecule has 108 valence electrons. The van der Waals surface area contributed by atoms with Crippen LogP contribution in [0.5, 0.6) is 11.5 Å². The number of hydrogen-bond donors (Lipinski definition) is 1. The fraction of sp³-hybridized carbons (Fsp3) is 0.235. The summed E-state index contributed by atoms with van der Waals surface area (Å²) in [6, 6.07) is 15.7. The molecule has 0 saturated carbocycles. The van der Waals surface area contributed by atoms with Gasteiger partial charge in [-0.15, -0.1) is 0 Å². The molecule has 1 aliphatic heterocycles. The van der Waals surface area contributed by atoms with Gasteiger partial charge in [0.05, 0.1) is 18.8 Å². The maximum Gasteiger partial charge on any atom is 0.129 e. The lowest BCUT2D eigenvalue weighted by Crippen LogP contribution is -2.20. The van der Waals surface area contributed by atoms with Crippen LogP contribution in [0.4, 0.5) is 0 Å². The Kier molecular flexibility index (Phi) is 4.06. The Labute approximate surface area is 129 Å². The molecule has 0 spiro atoms. The molecule has 0 fully saturated rings. The molecule has 4 heteroatoms. The second-order valence-corrected chi connectivity index (χ2v) is 5.48. The zero-order valence-electron chi connectivity index (χ0n) is 11.6. The Morgan fingerprint density at radius 3 is 2.81 bits per heavy atom. The minimum Gasteiger partial charge on any atom is -0.493 e. The third-order valence-corrected chi connectivity index (χ3v) is 3.90. The third kappa shape index (κ3) is 3.00. The Bertz CT molecular complexity index is 657. The molecule has 0 aliphatic carbocycles. The van der Waals surface area contributed by atoms with E-state index in [1.807, 2.05) is 42.5 Å². The molecular weight excluding hydrogens is 282 g/mol. The van der Waals surface area contributed by atoms with Crippen LogP contribution in [0.25, 0.3) is 0 Å². The van der Waals surface area contributed by atoms with E-state index in [1.54, 1.807) is 0 Å². The number of fused-ring (bicyclic) bond motifs is 1. The van der Waals surface area contributed by atoms with Crippen LogP contribution in [0.1, 0.15) is 23.5 Å². The normalized spacial score (nSPS) is 16.7. The van der Waals surface area contributed by atoms with Crippen molar-refractivity contribution in [3.05, 3.63) is 59.7 Å². The summed E-state index contributed by atoms with van der Waals surface area (Å²) in [5, 5.41) is 0. The van der Waals surface area contributed by atoms with Crippen molar-refractivity contribution in [1.82, 2.24) is 0 Å². The molecule has 1 atom stereocenters. The Hall–Kier alpha value is -2.07. The average molecular weight is 299 g/mol. The standard InChI is InChI=1S/C17H17NO2S/c18-17(21)14-6-2-4-8-16(14)20-11-12-9-10-19-15-7-3-1-5-13(12)15/h1-8,12H,9-11H2,(H2,18,21). The molecule has 3 rings (SSSR count). The highest BCUT2D eigenvalue weighted by Gasteiger charge is 2.22. The topological polar surface area (TPSA) is 44.5 Å². The molecular formula is C17H17NO2S. The lowest BCUT2D eigenvalue weighted by atomic mass is 9.94. The first kappa shape index (κ1) is 13.9. The molecule has 0 aromatic heterocycles. The summed E-state index contributed by atoms with van der Waals surface area (Å²) in [7, 11) is 0. The van der Waals surface area contributed by atoms with Gasteiger partial charge < -0.3 is 15.2 Å². The number of benzene rings is 2. The van der Waals surface area contributed by atoms with Crippen molar-refractivity contribution in [3.63, 3.8) is 0 Å². The molecule has 2 aromatic rings.